The molecule has 3 aromatic rings. The van der Waals surface area contributed by atoms with Gasteiger partial charge in [0.25, 0.3) is 0 Å². The topological polar surface area (TPSA) is 61.3 Å². The monoisotopic (exact) mass is 466 g/mol. The molecule has 2 aromatic carbocycles. The van der Waals surface area contributed by atoms with Crippen LogP contribution in [0.2, 0.25) is 0 Å². The van der Waals surface area contributed by atoms with Gasteiger partial charge in [-0.05, 0) is 61.4 Å². The molecule has 0 spiro atoms. The van der Waals surface area contributed by atoms with Crippen molar-refractivity contribution in [3.63, 3.8) is 0 Å². The molecule has 0 fully saturated rings. The zero-order valence-corrected chi connectivity index (χ0v) is 20.7. The lowest BCUT2D eigenvalue weighted by atomic mass is 10.1. The van der Waals surface area contributed by atoms with Crippen LogP contribution in [0.25, 0.3) is 21.1 Å². The second-order valence-electron chi connectivity index (χ2n) is 8.31. The van der Waals surface area contributed by atoms with Gasteiger partial charge in [0.1, 0.15) is 21.5 Å². The molecule has 0 aliphatic carbocycles. The molecule has 1 atom stereocenters. The van der Waals surface area contributed by atoms with E-state index in [4.69, 9.17) is 9.47 Å². The third-order valence-corrected chi connectivity index (χ3v) is 6.65. The average molecular weight is 467 g/mol. The van der Waals surface area contributed by atoms with Crippen molar-refractivity contribution in [2.45, 2.75) is 65.7 Å². The van der Waals surface area contributed by atoms with Crippen molar-refractivity contribution in [3.8, 4) is 32.6 Å². The van der Waals surface area contributed by atoms with Gasteiger partial charge in [0.15, 0.2) is 0 Å². The van der Waals surface area contributed by atoms with Crippen LogP contribution < -0.4 is 9.47 Å². The van der Waals surface area contributed by atoms with Crippen LogP contribution in [0.4, 0.5) is 0 Å². The smallest absolute Gasteiger partial charge is 0.314 e. The molecule has 6 heteroatoms. The molecule has 0 bridgehead atoms. The van der Waals surface area contributed by atoms with E-state index < -0.39 is 0 Å². The summed E-state index contributed by atoms with van der Waals surface area (Å²) in [5.74, 6) is 1.12. The highest BCUT2D eigenvalue weighted by atomic mass is 32.1. The van der Waals surface area contributed by atoms with Crippen molar-refractivity contribution in [1.29, 1.82) is 0 Å². The summed E-state index contributed by atoms with van der Waals surface area (Å²) in [5, 5.41) is 10.4. The first-order valence-electron chi connectivity index (χ1n) is 12.0. The molecule has 0 amide bonds. The van der Waals surface area contributed by atoms with Gasteiger partial charge in [-0.15, -0.1) is 10.2 Å². The zero-order valence-electron chi connectivity index (χ0n) is 19.9. The number of ether oxygens (including phenoxy) is 2. The van der Waals surface area contributed by atoms with Crippen LogP contribution in [-0.2, 0) is 4.79 Å². The lowest BCUT2D eigenvalue weighted by molar-refractivity contribution is -0.138. The molecule has 0 saturated heterocycles. The first-order chi connectivity index (χ1) is 16.1. The standard InChI is InChI=1S/C27H34N2O3S/c1-4-6-7-8-9-10-19-31-23-15-11-21(12-16-23)25-28-29-26(33-25)22-13-17-24(18-14-22)32-27(30)20(3)5-2/h11-18,20H,4-10,19H2,1-3H3. The summed E-state index contributed by atoms with van der Waals surface area (Å²) >= 11 is 1.53. The number of esters is 1. The summed E-state index contributed by atoms with van der Waals surface area (Å²) in [5.41, 5.74) is 1.96. The molecule has 3 rings (SSSR count). The number of rotatable bonds is 13. The van der Waals surface area contributed by atoms with Crippen molar-refractivity contribution in [2.24, 2.45) is 5.92 Å². The van der Waals surface area contributed by atoms with Crippen molar-refractivity contribution >= 4 is 17.3 Å². The molecule has 1 aromatic heterocycles. The molecule has 176 valence electrons. The Morgan fingerprint density at radius 3 is 1.94 bits per heavy atom. The summed E-state index contributed by atoms with van der Waals surface area (Å²) in [6, 6.07) is 15.4. The Hall–Kier alpha value is -2.73. The van der Waals surface area contributed by atoms with Gasteiger partial charge in [0.2, 0.25) is 0 Å². The van der Waals surface area contributed by atoms with Crippen LogP contribution in [0.5, 0.6) is 11.5 Å². The number of hydrogen-bond donors (Lipinski definition) is 0. The maximum Gasteiger partial charge on any atom is 0.314 e. The molecule has 1 heterocycles. The SMILES string of the molecule is CCCCCCCCOc1ccc(-c2nnc(-c3ccc(OC(=O)C(C)CC)cc3)s2)cc1. The van der Waals surface area contributed by atoms with Crippen molar-refractivity contribution in [2.75, 3.05) is 6.61 Å². The Bertz CT molecular complexity index is 983. The number of carbonyl (C=O) groups excluding carboxylic acids is 1. The molecule has 0 N–H and O–H groups in total. The van der Waals surface area contributed by atoms with E-state index in [0.717, 1.165) is 46.3 Å². The maximum absolute atomic E-state index is 12.0. The van der Waals surface area contributed by atoms with Gasteiger partial charge in [-0.3, -0.25) is 4.79 Å². The molecule has 33 heavy (non-hydrogen) atoms. The van der Waals surface area contributed by atoms with E-state index in [2.05, 4.69) is 17.1 Å². The van der Waals surface area contributed by atoms with Gasteiger partial charge in [-0.2, -0.15) is 0 Å². The summed E-state index contributed by atoms with van der Waals surface area (Å²) in [6.07, 6.45) is 8.31. The highest BCUT2D eigenvalue weighted by molar-refractivity contribution is 7.17. The molecule has 0 aliphatic heterocycles. The first-order valence-corrected chi connectivity index (χ1v) is 12.8. The minimum atomic E-state index is -0.206. The summed E-state index contributed by atoms with van der Waals surface area (Å²) in [7, 11) is 0. The van der Waals surface area contributed by atoms with Gasteiger partial charge in [-0.1, -0.05) is 64.2 Å². The fourth-order valence-electron chi connectivity index (χ4n) is 3.27. The van der Waals surface area contributed by atoms with E-state index in [1.807, 2.05) is 50.2 Å². The molecule has 0 aliphatic rings. The van der Waals surface area contributed by atoms with Gasteiger partial charge in [0.05, 0.1) is 12.5 Å². The van der Waals surface area contributed by atoms with E-state index in [0.29, 0.717) is 5.75 Å². The van der Waals surface area contributed by atoms with Crippen molar-refractivity contribution < 1.29 is 14.3 Å². The Morgan fingerprint density at radius 2 is 1.36 bits per heavy atom. The lowest BCUT2D eigenvalue weighted by Gasteiger charge is -2.08. The van der Waals surface area contributed by atoms with Crippen LogP contribution in [0.15, 0.2) is 48.5 Å². The Morgan fingerprint density at radius 1 is 0.818 bits per heavy atom. The molecular weight excluding hydrogens is 432 g/mol. The molecule has 0 radical (unpaired) electrons. The van der Waals surface area contributed by atoms with Gasteiger partial charge in [0, 0.05) is 11.1 Å². The zero-order chi connectivity index (χ0) is 23.5. The van der Waals surface area contributed by atoms with Crippen LogP contribution >= 0.6 is 11.3 Å². The number of benzene rings is 2. The highest BCUT2D eigenvalue weighted by Crippen LogP contribution is 2.31. The van der Waals surface area contributed by atoms with Gasteiger partial charge in [-0.25, -0.2) is 0 Å². The first kappa shape index (κ1) is 24.9. The minimum Gasteiger partial charge on any atom is -0.494 e. The number of aromatic nitrogens is 2. The third kappa shape index (κ3) is 7.67. The minimum absolute atomic E-state index is 0.109. The fraction of sp³-hybridized carbons (Fsp3) is 0.444. The molecular formula is C27H34N2O3S. The van der Waals surface area contributed by atoms with Crippen LogP contribution in [0, 0.1) is 5.92 Å². The van der Waals surface area contributed by atoms with E-state index in [1.165, 1.54) is 43.4 Å². The predicted octanol–water partition coefficient (Wildman–Crippen LogP) is 7.56. The lowest BCUT2D eigenvalue weighted by Crippen LogP contribution is -2.16. The summed E-state index contributed by atoms with van der Waals surface area (Å²) in [4.78, 5) is 12.0. The summed E-state index contributed by atoms with van der Waals surface area (Å²) in [6.45, 7) is 6.84. The average Bonchev–Trinajstić information content (AvgIpc) is 3.34. The molecule has 5 nitrogen and oxygen atoms in total. The Balaban J connectivity index is 1.52. The molecule has 1 unspecified atom stereocenters. The van der Waals surface area contributed by atoms with Crippen molar-refractivity contribution in [3.05, 3.63) is 48.5 Å². The summed E-state index contributed by atoms with van der Waals surface area (Å²) < 4.78 is 11.3. The Labute approximate surface area is 201 Å². The predicted molar refractivity (Wildman–Crippen MR) is 135 cm³/mol. The van der Waals surface area contributed by atoms with Gasteiger partial charge < -0.3 is 9.47 Å². The fourth-order valence-corrected chi connectivity index (χ4v) is 4.13. The van der Waals surface area contributed by atoms with Gasteiger partial charge >= 0.3 is 5.97 Å². The van der Waals surface area contributed by atoms with E-state index in [-0.39, 0.29) is 11.9 Å². The normalized spacial score (nSPS) is 11.8. The third-order valence-electron chi connectivity index (χ3n) is 5.63. The van der Waals surface area contributed by atoms with E-state index in [1.54, 1.807) is 12.1 Å². The highest BCUT2D eigenvalue weighted by Gasteiger charge is 2.14. The van der Waals surface area contributed by atoms with Crippen molar-refractivity contribution in [1.82, 2.24) is 10.2 Å². The van der Waals surface area contributed by atoms with Crippen LogP contribution in [0.3, 0.4) is 0 Å². The van der Waals surface area contributed by atoms with Crippen LogP contribution in [0.1, 0.15) is 65.7 Å². The molecule has 0 saturated carbocycles. The quantitative estimate of drug-likeness (QED) is 0.148. The maximum atomic E-state index is 12.0. The number of hydrogen-bond acceptors (Lipinski definition) is 6. The number of unbranched alkanes of at least 4 members (excludes halogenated alkanes) is 5. The second kappa shape index (κ2) is 13.1. The Kier molecular flexibility index (Phi) is 9.88. The number of nitrogens with zero attached hydrogens (tertiary/aromatic N) is 2. The largest absolute Gasteiger partial charge is 0.494 e. The van der Waals surface area contributed by atoms with Crippen LogP contribution in [-0.4, -0.2) is 22.8 Å². The number of carbonyl (C=O) groups is 1. The van der Waals surface area contributed by atoms with E-state index >= 15 is 0 Å². The second-order valence-corrected chi connectivity index (χ2v) is 9.29. The van der Waals surface area contributed by atoms with E-state index in [9.17, 15) is 4.79 Å².